The average Bonchev–Trinajstić information content (AvgIpc) is 2.90. The molecule has 0 aromatic heterocycles. The molecular weight excluding hydrogens is 230 g/mol. The summed E-state index contributed by atoms with van der Waals surface area (Å²) in [4.78, 5) is 14.1. The van der Waals surface area contributed by atoms with Gasteiger partial charge in [0.05, 0.1) is 6.10 Å². The Hall–Kier alpha value is -0.650. The Bertz CT molecular complexity index is 282. The van der Waals surface area contributed by atoms with Gasteiger partial charge in [0.2, 0.25) is 5.91 Å². The highest BCUT2D eigenvalue weighted by atomic mass is 16.5. The number of rotatable bonds is 5. The van der Waals surface area contributed by atoms with E-state index in [4.69, 9.17) is 10.5 Å². The van der Waals surface area contributed by atoms with Gasteiger partial charge in [0.15, 0.2) is 0 Å². The van der Waals surface area contributed by atoms with E-state index in [1.54, 1.807) is 0 Å². The molecule has 0 aromatic carbocycles. The summed E-state index contributed by atoms with van der Waals surface area (Å²) in [5.74, 6) is -0.212. The molecule has 5 nitrogen and oxygen atoms in total. The lowest BCUT2D eigenvalue weighted by atomic mass is 9.86. The molecule has 0 aliphatic carbocycles. The molecule has 5 heteroatoms. The van der Waals surface area contributed by atoms with E-state index in [9.17, 15) is 4.79 Å². The zero-order valence-electron chi connectivity index (χ0n) is 11.3. The highest BCUT2D eigenvalue weighted by Gasteiger charge is 2.39. The van der Waals surface area contributed by atoms with E-state index in [0.717, 1.165) is 58.5 Å². The average molecular weight is 255 g/mol. The second-order valence-corrected chi connectivity index (χ2v) is 5.40. The molecule has 2 aliphatic rings. The van der Waals surface area contributed by atoms with Crippen molar-refractivity contribution in [2.45, 2.75) is 44.2 Å². The topological polar surface area (TPSA) is 67.6 Å². The predicted octanol–water partition coefficient (Wildman–Crippen LogP) is 0.0948. The highest BCUT2D eigenvalue weighted by Crippen LogP contribution is 2.23. The predicted molar refractivity (Wildman–Crippen MR) is 70.3 cm³/mol. The third-order valence-corrected chi connectivity index (χ3v) is 4.32. The number of primary amides is 1. The molecule has 104 valence electrons. The fourth-order valence-electron chi connectivity index (χ4n) is 2.88. The van der Waals surface area contributed by atoms with E-state index < -0.39 is 5.54 Å². The number of nitrogens with zero attached hydrogens (tertiary/aromatic N) is 1. The standard InChI is InChI=1S/C13H25N3O2/c1-2-16-7-5-13(6-8-16,12(14)17)15-10-11-4-3-9-18-11/h11,15H,2-10H2,1H3,(H2,14,17). The van der Waals surface area contributed by atoms with Gasteiger partial charge in [-0.25, -0.2) is 0 Å². The number of ether oxygens (including phenoxy) is 1. The summed E-state index contributed by atoms with van der Waals surface area (Å²) in [6.07, 6.45) is 4.08. The van der Waals surface area contributed by atoms with Crippen LogP contribution in [0.3, 0.4) is 0 Å². The first-order chi connectivity index (χ1) is 8.66. The van der Waals surface area contributed by atoms with Crippen LogP contribution in [-0.2, 0) is 9.53 Å². The third-order valence-electron chi connectivity index (χ3n) is 4.32. The molecule has 1 unspecified atom stereocenters. The fourth-order valence-corrected chi connectivity index (χ4v) is 2.88. The minimum Gasteiger partial charge on any atom is -0.377 e. The number of likely N-dealkylation sites (tertiary alicyclic amines) is 1. The van der Waals surface area contributed by atoms with Crippen molar-refractivity contribution in [2.75, 3.05) is 32.8 Å². The van der Waals surface area contributed by atoms with Gasteiger partial charge >= 0.3 is 0 Å². The SMILES string of the molecule is CCN1CCC(NCC2CCCO2)(C(N)=O)CC1. The van der Waals surface area contributed by atoms with Crippen molar-refractivity contribution in [2.24, 2.45) is 5.73 Å². The summed E-state index contributed by atoms with van der Waals surface area (Å²) >= 11 is 0. The summed E-state index contributed by atoms with van der Waals surface area (Å²) in [6, 6.07) is 0. The van der Waals surface area contributed by atoms with Gasteiger partial charge in [-0.3, -0.25) is 4.79 Å². The second kappa shape index (κ2) is 5.99. The van der Waals surface area contributed by atoms with Gasteiger partial charge in [0, 0.05) is 26.2 Å². The Morgan fingerprint density at radius 1 is 1.50 bits per heavy atom. The molecule has 2 aliphatic heterocycles. The number of piperidine rings is 1. The van der Waals surface area contributed by atoms with E-state index in [2.05, 4.69) is 17.1 Å². The molecule has 18 heavy (non-hydrogen) atoms. The number of nitrogens with two attached hydrogens (primary N) is 1. The van der Waals surface area contributed by atoms with E-state index in [-0.39, 0.29) is 12.0 Å². The summed E-state index contributed by atoms with van der Waals surface area (Å²) < 4.78 is 5.59. The van der Waals surface area contributed by atoms with Crippen molar-refractivity contribution in [3.05, 3.63) is 0 Å². The molecule has 1 atom stereocenters. The highest BCUT2D eigenvalue weighted by molar-refractivity contribution is 5.84. The van der Waals surface area contributed by atoms with Gasteiger partial charge in [0.1, 0.15) is 5.54 Å². The Kier molecular flexibility index (Phi) is 4.59. The molecule has 0 saturated carbocycles. The summed E-state index contributed by atoms with van der Waals surface area (Å²) in [7, 11) is 0. The van der Waals surface area contributed by atoms with E-state index in [0.29, 0.717) is 0 Å². The maximum Gasteiger partial charge on any atom is 0.237 e. The van der Waals surface area contributed by atoms with Crippen molar-refractivity contribution in [3.8, 4) is 0 Å². The summed E-state index contributed by atoms with van der Waals surface area (Å²) in [6.45, 7) is 6.67. The quantitative estimate of drug-likeness (QED) is 0.731. The molecule has 0 bridgehead atoms. The lowest BCUT2D eigenvalue weighted by molar-refractivity contribution is -0.126. The Morgan fingerprint density at radius 3 is 2.72 bits per heavy atom. The van der Waals surface area contributed by atoms with Gasteiger partial charge in [-0.15, -0.1) is 0 Å². The van der Waals surface area contributed by atoms with Crippen LogP contribution in [-0.4, -0.2) is 55.2 Å². The van der Waals surface area contributed by atoms with Crippen molar-refractivity contribution < 1.29 is 9.53 Å². The van der Waals surface area contributed by atoms with Crippen molar-refractivity contribution in [3.63, 3.8) is 0 Å². The Balaban J connectivity index is 1.88. The molecule has 2 fully saturated rings. The molecular formula is C13H25N3O2. The third kappa shape index (κ3) is 3.02. The first kappa shape index (κ1) is 13.8. The molecule has 0 aromatic rings. The zero-order valence-corrected chi connectivity index (χ0v) is 11.3. The fraction of sp³-hybridized carbons (Fsp3) is 0.923. The minimum atomic E-state index is -0.516. The number of hydrogen-bond donors (Lipinski definition) is 2. The first-order valence-electron chi connectivity index (χ1n) is 7.05. The molecule has 2 heterocycles. The van der Waals surface area contributed by atoms with Crippen LogP contribution >= 0.6 is 0 Å². The van der Waals surface area contributed by atoms with Gasteiger partial charge in [-0.05, 0) is 32.2 Å². The minimum absolute atomic E-state index is 0.212. The lowest BCUT2D eigenvalue weighted by Crippen LogP contribution is -2.61. The van der Waals surface area contributed by atoms with Gasteiger partial charge in [-0.2, -0.15) is 0 Å². The molecule has 2 saturated heterocycles. The molecule has 2 rings (SSSR count). The smallest absolute Gasteiger partial charge is 0.237 e. The van der Waals surface area contributed by atoms with Crippen LogP contribution in [0.4, 0.5) is 0 Å². The Labute approximate surface area is 109 Å². The van der Waals surface area contributed by atoms with Crippen LogP contribution in [0.1, 0.15) is 32.6 Å². The van der Waals surface area contributed by atoms with Crippen LogP contribution in [0, 0.1) is 0 Å². The van der Waals surface area contributed by atoms with E-state index in [1.807, 2.05) is 0 Å². The Morgan fingerprint density at radius 2 is 2.22 bits per heavy atom. The van der Waals surface area contributed by atoms with Crippen LogP contribution < -0.4 is 11.1 Å². The summed E-state index contributed by atoms with van der Waals surface area (Å²) in [5, 5.41) is 3.39. The van der Waals surface area contributed by atoms with Gasteiger partial charge in [-0.1, -0.05) is 6.92 Å². The van der Waals surface area contributed by atoms with E-state index >= 15 is 0 Å². The van der Waals surface area contributed by atoms with Crippen molar-refractivity contribution in [1.82, 2.24) is 10.2 Å². The van der Waals surface area contributed by atoms with Crippen molar-refractivity contribution in [1.29, 1.82) is 0 Å². The lowest BCUT2D eigenvalue weighted by Gasteiger charge is -2.40. The second-order valence-electron chi connectivity index (χ2n) is 5.40. The van der Waals surface area contributed by atoms with E-state index in [1.165, 1.54) is 0 Å². The zero-order chi connectivity index (χ0) is 13.0. The molecule has 3 N–H and O–H groups in total. The number of carbonyl (C=O) groups is 1. The van der Waals surface area contributed by atoms with Crippen LogP contribution in [0.5, 0.6) is 0 Å². The van der Waals surface area contributed by atoms with Crippen LogP contribution in [0.25, 0.3) is 0 Å². The largest absolute Gasteiger partial charge is 0.377 e. The number of nitrogens with one attached hydrogen (secondary N) is 1. The normalized spacial score (nSPS) is 28.4. The maximum atomic E-state index is 11.8. The number of carbonyl (C=O) groups excluding carboxylic acids is 1. The van der Waals surface area contributed by atoms with Gasteiger partial charge < -0.3 is 20.7 Å². The van der Waals surface area contributed by atoms with Crippen LogP contribution in [0.2, 0.25) is 0 Å². The van der Waals surface area contributed by atoms with Gasteiger partial charge in [0.25, 0.3) is 0 Å². The first-order valence-corrected chi connectivity index (χ1v) is 7.05. The molecule has 0 radical (unpaired) electrons. The number of amides is 1. The number of hydrogen-bond acceptors (Lipinski definition) is 4. The van der Waals surface area contributed by atoms with Crippen LogP contribution in [0.15, 0.2) is 0 Å². The van der Waals surface area contributed by atoms with Crippen molar-refractivity contribution >= 4 is 5.91 Å². The molecule has 0 spiro atoms. The maximum absolute atomic E-state index is 11.8. The monoisotopic (exact) mass is 255 g/mol. The molecule has 1 amide bonds. The summed E-state index contributed by atoms with van der Waals surface area (Å²) in [5.41, 5.74) is 5.10.